The predicted octanol–water partition coefficient (Wildman–Crippen LogP) is 4.14. The van der Waals surface area contributed by atoms with Gasteiger partial charge in [0.1, 0.15) is 0 Å². The minimum absolute atomic E-state index is 0.0560. The Morgan fingerprint density at radius 2 is 1.75 bits per heavy atom. The molecule has 2 aromatic carbocycles. The van der Waals surface area contributed by atoms with Crippen LogP contribution in [-0.2, 0) is 10.2 Å². The van der Waals surface area contributed by atoms with Gasteiger partial charge in [-0.3, -0.25) is 4.79 Å². The van der Waals surface area contributed by atoms with Crippen LogP contribution in [0.2, 0.25) is 0 Å². The minimum Gasteiger partial charge on any atom is -0.293 e. The Balaban J connectivity index is 2.31. The zero-order valence-electron chi connectivity index (χ0n) is 11.3. The molecule has 0 spiro atoms. The topological polar surface area (TPSA) is 17.1 Å². The van der Waals surface area contributed by atoms with E-state index < -0.39 is 5.41 Å². The van der Waals surface area contributed by atoms with Gasteiger partial charge in [-0.2, -0.15) is 0 Å². The number of ketones is 1. The molecule has 1 aliphatic carbocycles. The Morgan fingerprint density at radius 3 is 2.50 bits per heavy atom. The zero-order valence-corrected chi connectivity index (χ0v) is 11.3. The second-order valence-corrected chi connectivity index (χ2v) is 5.03. The number of hydrogen-bond donors (Lipinski definition) is 0. The van der Waals surface area contributed by atoms with Crippen LogP contribution in [0.4, 0.5) is 0 Å². The number of allylic oxidation sites excluding steroid dienone is 2. The molecule has 0 saturated heterocycles. The predicted molar refractivity (Wildman–Crippen MR) is 82.5 cm³/mol. The largest absolute Gasteiger partial charge is 0.293 e. The average molecular weight is 260 g/mol. The fourth-order valence-electron chi connectivity index (χ4n) is 3.05. The monoisotopic (exact) mass is 260 g/mol. The molecule has 3 rings (SSSR count). The molecule has 1 unspecified atom stereocenters. The first kappa shape index (κ1) is 12.6. The lowest BCUT2D eigenvalue weighted by Crippen LogP contribution is -2.37. The minimum atomic E-state index is -0.631. The van der Waals surface area contributed by atoms with Gasteiger partial charge in [-0.1, -0.05) is 73.3 Å². The standard InChI is InChI=1S/C19H16O/c1-2-18(20)19(16-11-4-3-5-12-16)14-8-10-15-9-6-7-13-17(15)19/h2-13H,1,14H2. The Kier molecular flexibility index (Phi) is 3.11. The van der Waals surface area contributed by atoms with Crippen molar-refractivity contribution in [1.29, 1.82) is 0 Å². The maximum absolute atomic E-state index is 12.7. The molecule has 0 aliphatic heterocycles. The van der Waals surface area contributed by atoms with Crippen LogP contribution in [-0.4, -0.2) is 5.78 Å². The summed E-state index contributed by atoms with van der Waals surface area (Å²) in [4.78, 5) is 12.7. The maximum atomic E-state index is 12.7. The van der Waals surface area contributed by atoms with Crippen molar-refractivity contribution in [3.63, 3.8) is 0 Å². The van der Waals surface area contributed by atoms with E-state index in [1.54, 1.807) is 0 Å². The SMILES string of the molecule is C=CC(=O)C1(c2ccccc2)CC=Cc2ccccc21. The highest BCUT2D eigenvalue weighted by Crippen LogP contribution is 2.42. The Morgan fingerprint density at radius 1 is 1.05 bits per heavy atom. The van der Waals surface area contributed by atoms with Crippen molar-refractivity contribution >= 4 is 11.9 Å². The van der Waals surface area contributed by atoms with Crippen LogP contribution in [0, 0.1) is 0 Å². The van der Waals surface area contributed by atoms with Crippen molar-refractivity contribution in [1.82, 2.24) is 0 Å². The van der Waals surface area contributed by atoms with Crippen LogP contribution >= 0.6 is 0 Å². The van der Waals surface area contributed by atoms with E-state index in [0.717, 1.165) is 16.7 Å². The number of carbonyl (C=O) groups excluding carboxylic acids is 1. The summed E-state index contributed by atoms with van der Waals surface area (Å²) in [7, 11) is 0. The number of benzene rings is 2. The van der Waals surface area contributed by atoms with Crippen LogP contribution in [0.1, 0.15) is 23.1 Å². The van der Waals surface area contributed by atoms with Gasteiger partial charge in [0.25, 0.3) is 0 Å². The van der Waals surface area contributed by atoms with Crippen LogP contribution < -0.4 is 0 Å². The Hall–Kier alpha value is -2.41. The smallest absolute Gasteiger partial charge is 0.170 e. The van der Waals surface area contributed by atoms with E-state index in [1.807, 2.05) is 48.5 Å². The van der Waals surface area contributed by atoms with Gasteiger partial charge >= 0.3 is 0 Å². The summed E-state index contributed by atoms with van der Waals surface area (Å²) in [6, 6.07) is 18.1. The molecule has 1 atom stereocenters. The molecule has 0 radical (unpaired) electrons. The second kappa shape index (κ2) is 4.93. The van der Waals surface area contributed by atoms with Crippen LogP contribution in [0.15, 0.2) is 73.3 Å². The third-order valence-electron chi connectivity index (χ3n) is 4.01. The van der Waals surface area contributed by atoms with E-state index in [1.165, 1.54) is 6.08 Å². The average Bonchev–Trinajstić information content (AvgIpc) is 2.54. The number of hydrogen-bond acceptors (Lipinski definition) is 1. The fourth-order valence-corrected chi connectivity index (χ4v) is 3.05. The van der Waals surface area contributed by atoms with Crippen molar-refractivity contribution in [2.24, 2.45) is 0 Å². The fraction of sp³-hybridized carbons (Fsp3) is 0.105. The molecule has 0 aromatic heterocycles. The summed E-state index contributed by atoms with van der Waals surface area (Å²) in [5.41, 5.74) is 2.58. The lowest BCUT2D eigenvalue weighted by Gasteiger charge is -2.35. The highest BCUT2D eigenvalue weighted by atomic mass is 16.1. The lowest BCUT2D eigenvalue weighted by molar-refractivity contribution is -0.118. The lowest BCUT2D eigenvalue weighted by atomic mass is 9.65. The summed E-state index contributed by atoms with van der Waals surface area (Å²) in [6.07, 6.45) is 6.30. The molecule has 1 heteroatoms. The maximum Gasteiger partial charge on any atom is 0.170 e. The van der Waals surface area contributed by atoms with Crippen molar-refractivity contribution in [3.05, 3.63) is 90.0 Å². The summed E-state index contributed by atoms with van der Waals surface area (Å²) in [6.45, 7) is 3.71. The van der Waals surface area contributed by atoms with E-state index in [0.29, 0.717) is 6.42 Å². The quantitative estimate of drug-likeness (QED) is 0.758. The van der Waals surface area contributed by atoms with Crippen molar-refractivity contribution in [3.8, 4) is 0 Å². The first-order valence-electron chi connectivity index (χ1n) is 6.77. The molecular formula is C19H16O. The second-order valence-electron chi connectivity index (χ2n) is 5.03. The third-order valence-corrected chi connectivity index (χ3v) is 4.01. The molecule has 1 aliphatic rings. The van der Waals surface area contributed by atoms with Crippen LogP contribution in [0.5, 0.6) is 0 Å². The van der Waals surface area contributed by atoms with Gasteiger partial charge < -0.3 is 0 Å². The summed E-state index contributed by atoms with van der Waals surface area (Å²) >= 11 is 0. The normalized spacial score (nSPS) is 20.2. The highest BCUT2D eigenvalue weighted by Gasteiger charge is 2.41. The van der Waals surface area contributed by atoms with Gasteiger partial charge in [0.15, 0.2) is 5.78 Å². The molecule has 20 heavy (non-hydrogen) atoms. The summed E-state index contributed by atoms with van der Waals surface area (Å²) < 4.78 is 0. The number of fused-ring (bicyclic) bond motifs is 1. The molecule has 2 aromatic rings. The molecule has 0 bridgehead atoms. The molecule has 98 valence electrons. The van der Waals surface area contributed by atoms with Gasteiger partial charge in [-0.25, -0.2) is 0 Å². The number of rotatable bonds is 3. The first-order valence-corrected chi connectivity index (χ1v) is 6.77. The molecule has 1 nitrogen and oxygen atoms in total. The first-order chi connectivity index (χ1) is 9.79. The van der Waals surface area contributed by atoms with Crippen LogP contribution in [0.25, 0.3) is 6.08 Å². The van der Waals surface area contributed by atoms with Crippen molar-refractivity contribution < 1.29 is 4.79 Å². The van der Waals surface area contributed by atoms with Crippen molar-refractivity contribution in [2.45, 2.75) is 11.8 Å². The van der Waals surface area contributed by atoms with E-state index >= 15 is 0 Å². The number of carbonyl (C=O) groups is 1. The third kappa shape index (κ3) is 1.75. The van der Waals surface area contributed by atoms with E-state index in [-0.39, 0.29) is 5.78 Å². The zero-order chi connectivity index (χ0) is 14.0. The molecular weight excluding hydrogens is 244 g/mol. The molecule has 0 saturated carbocycles. The van der Waals surface area contributed by atoms with E-state index in [2.05, 4.69) is 24.8 Å². The van der Waals surface area contributed by atoms with Crippen LogP contribution in [0.3, 0.4) is 0 Å². The van der Waals surface area contributed by atoms with Gasteiger partial charge in [0, 0.05) is 0 Å². The Labute approximate surface area is 119 Å². The summed E-state index contributed by atoms with van der Waals surface area (Å²) in [5.74, 6) is 0.0560. The molecule has 0 N–H and O–H groups in total. The Bertz CT molecular complexity index is 682. The van der Waals surface area contributed by atoms with E-state index in [4.69, 9.17) is 0 Å². The van der Waals surface area contributed by atoms with Gasteiger partial charge in [-0.15, -0.1) is 0 Å². The van der Waals surface area contributed by atoms with Crippen molar-refractivity contribution in [2.75, 3.05) is 0 Å². The molecule has 0 heterocycles. The van der Waals surface area contributed by atoms with Gasteiger partial charge in [0.2, 0.25) is 0 Å². The summed E-state index contributed by atoms with van der Waals surface area (Å²) in [5, 5.41) is 0. The van der Waals surface area contributed by atoms with Gasteiger partial charge in [-0.05, 0) is 29.2 Å². The highest BCUT2D eigenvalue weighted by molar-refractivity contribution is 6.03. The van der Waals surface area contributed by atoms with Gasteiger partial charge in [0.05, 0.1) is 5.41 Å². The molecule has 0 amide bonds. The molecule has 0 fully saturated rings. The van der Waals surface area contributed by atoms with E-state index in [9.17, 15) is 4.79 Å².